The van der Waals surface area contributed by atoms with Crippen LogP contribution >= 0.6 is 11.6 Å². The van der Waals surface area contributed by atoms with E-state index in [2.05, 4.69) is 20.3 Å². The molecular formula is C11H12ClN5. The zero-order valence-electron chi connectivity index (χ0n) is 9.31. The first-order valence-corrected chi connectivity index (χ1v) is 5.46. The Morgan fingerprint density at radius 2 is 2.24 bits per heavy atom. The van der Waals surface area contributed by atoms with E-state index in [-0.39, 0.29) is 5.95 Å². The molecule has 0 saturated carbocycles. The van der Waals surface area contributed by atoms with Crippen LogP contribution in [0.4, 0.5) is 11.8 Å². The van der Waals surface area contributed by atoms with E-state index in [0.29, 0.717) is 17.5 Å². The minimum atomic E-state index is 0.155. The van der Waals surface area contributed by atoms with Gasteiger partial charge in [-0.25, -0.2) is 4.98 Å². The molecule has 0 aliphatic carbocycles. The second-order valence-electron chi connectivity index (χ2n) is 3.59. The van der Waals surface area contributed by atoms with Gasteiger partial charge in [0.25, 0.3) is 0 Å². The molecule has 3 N–H and O–H groups in total. The lowest BCUT2D eigenvalue weighted by molar-refractivity contribution is 1.05. The summed E-state index contributed by atoms with van der Waals surface area (Å²) in [6.07, 6.45) is 3.58. The fourth-order valence-electron chi connectivity index (χ4n) is 1.39. The van der Waals surface area contributed by atoms with Crippen molar-refractivity contribution in [3.05, 3.63) is 40.8 Å². The third kappa shape index (κ3) is 3.04. The van der Waals surface area contributed by atoms with Crippen LogP contribution in [-0.4, -0.2) is 15.0 Å². The number of aryl methyl sites for hydroxylation is 1. The van der Waals surface area contributed by atoms with Gasteiger partial charge in [0.2, 0.25) is 5.95 Å². The van der Waals surface area contributed by atoms with Crippen molar-refractivity contribution in [3.63, 3.8) is 0 Å². The highest BCUT2D eigenvalue weighted by Crippen LogP contribution is 2.14. The van der Waals surface area contributed by atoms with Gasteiger partial charge in [-0.15, -0.1) is 0 Å². The number of halogens is 1. The van der Waals surface area contributed by atoms with Gasteiger partial charge >= 0.3 is 0 Å². The molecule has 0 atom stereocenters. The standard InChI is InChI=1S/C11H12ClN5/c1-7-2-3-14-5-8(7)6-15-10-4-9(12)16-11(13)17-10/h2-5H,6H2,1H3,(H3,13,15,16,17). The van der Waals surface area contributed by atoms with Crippen molar-refractivity contribution in [2.24, 2.45) is 0 Å². The summed E-state index contributed by atoms with van der Waals surface area (Å²) in [5.74, 6) is 0.758. The molecule has 17 heavy (non-hydrogen) atoms. The number of nitrogens with zero attached hydrogens (tertiary/aromatic N) is 3. The summed E-state index contributed by atoms with van der Waals surface area (Å²) in [7, 11) is 0. The fourth-order valence-corrected chi connectivity index (χ4v) is 1.58. The van der Waals surface area contributed by atoms with Crippen LogP contribution in [-0.2, 0) is 6.54 Å². The number of anilines is 2. The third-order valence-electron chi connectivity index (χ3n) is 2.32. The number of nitrogens with one attached hydrogen (secondary N) is 1. The Morgan fingerprint density at radius 1 is 1.41 bits per heavy atom. The maximum absolute atomic E-state index is 5.78. The number of aromatic nitrogens is 3. The molecule has 0 aliphatic heterocycles. The second kappa shape index (κ2) is 4.97. The number of hydrogen-bond acceptors (Lipinski definition) is 5. The van der Waals surface area contributed by atoms with Gasteiger partial charge in [0.1, 0.15) is 11.0 Å². The number of rotatable bonds is 3. The smallest absolute Gasteiger partial charge is 0.223 e. The van der Waals surface area contributed by atoms with Crippen LogP contribution in [0.5, 0.6) is 0 Å². The highest BCUT2D eigenvalue weighted by Gasteiger charge is 2.02. The van der Waals surface area contributed by atoms with Crippen LogP contribution in [0.25, 0.3) is 0 Å². The Labute approximate surface area is 104 Å². The minimum Gasteiger partial charge on any atom is -0.368 e. The van der Waals surface area contributed by atoms with E-state index in [4.69, 9.17) is 17.3 Å². The van der Waals surface area contributed by atoms with E-state index >= 15 is 0 Å². The van der Waals surface area contributed by atoms with Crippen molar-refractivity contribution in [1.29, 1.82) is 0 Å². The minimum absolute atomic E-state index is 0.155. The monoisotopic (exact) mass is 249 g/mol. The molecule has 2 heterocycles. The molecular weight excluding hydrogens is 238 g/mol. The average molecular weight is 250 g/mol. The Kier molecular flexibility index (Phi) is 3.39. The summed E-state index contributed by atoms with van der Waals surface area (Å²) < 4.78 is 0. The van der Waals surface area contributed by atoms with Gasteiger partial charge < -0.3 is 11.1 Å². The molecule has 2 rings (SSSR count). The summed E-state index contributed by atoms with van der Waals surface area (Å²) in [4.78, 5) is 11.9. The Hall–Kier alpha value is -1.88. The van der Waals surface area contributed by atoms with E-state index < -0.39 is 0 Å². The van der Waals surface area contributed by atoms with E-state index in [9.17, 15) is 0 Å². The van der Waals surface area contributed by atoms with Crippen molar-refractivity contribution < 1.29 is 0 Å². The number of nitrogens with two attached hydrogens (primary N) is 1. The fraction of sp³-hybridized carbons (Fsp3) is 0.182. The van der Waals surface area contributed by atoms with E-state index in [0.717, 1.165) is 5.56 Å². The van der Waals surface area contributed by atoms with Crippen molar-refractivity contribution in [2.75, 3.05) is 11.1 Å². The van der Waals surface area contributed by atoms with Gasteiger partial charge in [0.05, 0.1) is 0 Å². The van der Waals surface area contributed by atoms with Crippen LogP contribution in [0.3, 0.4) is 0 Å². The molecule has 0 aliphatic rings. The summed E-state index contributed by atoms with van der Waals surface area (Å²) in [6, 6.07) is 3.59. The Balaban J connectivity index is 2.10. The molecule has 5 nitrogen and oxygen atoms in total. The summed E-state index contributed by atoms with van der Waals surface area (Å²) in [6.45, 7) is 2.65. The van der Waals surface area contributed by atoms with Crippen molar-refractivity contribution in [2.45, 2.75) is 13.5 Å². The van der Waals surface area contributed by atoms with Gasteiger partial charge in [-0.2, -0.15) is 4.98 Å². The molecule has 6 heteroatoms. The largest absolute Gasteiger partial charge is 0.368 e. The van der Waals surface area contributed by atoms with Crippen molar-refractivity contribution in [1.82, 2.24) is 15.0 Å². The highest BCUT2D eigenvalue weighted by molar-refractivity contribution is 6.29. The second-order valence-corrected chi connectivity index (χ2v) is 3.98. The molecule has 0 unspecified atom stereocenters. The van der Waals surface area contributed by atoms with Crippen LogP contribution in [0.1, 0.15) is 11.1 Å². The molecule has 0 amide bonds. The van der Waals surface area contributed by atoms with E-state index in [1.807, 2.05) is 19.2 Å². The van der Waals surface area contributed by atoms with Gasteiger partial charge in [-0.05, 0) is 24.1 Å². The molecule has 0 radical (unpaired) electrons. The quantitative estimate of drug-likeness (QED) is 0.814. The highest BCUT2D eigenvalue weighted by atomic mass is 35.5. The van der Waals surface area contributed by atoms with Crippen molar-refractivity contribution >= 4 is 23.4 Å². The predicted octanol–water partition coefficient (Wildman–Crippen LogP) is 2.03. The van der Waals surface area contributed by atoms with Gasteiger partial charge in [0.15, 0.2) is 0 Å². The zero-order chi connectivity index (χ0) is 12.3. The first kappa shape index (κ1) is 11.6. The molecule has 2 aromatic rings. The molecule has 0 bridgehead atoms. The number of nitrogen functional groups attached to an aromatic ring is 1. The van der Waals surface area contributed by atoms with Gasteiger partial charge in [-0.1, -0.05) is 11.6 Å². The van der Waals surface area contributed by atoms with Crippen LogP contribution in [0, 0.1) is 6.92 Å². The van der Waals surface area contributed by atoms with E-state index in [1.165, 1.54) is 5.56 Å². The molecule has 2 aromatic heterocycles. The molecule has 0 fully saturated rings. The normalized spacial score (nSPS) is 10.2. The summed E-state index contributed by atoms with van der Waals surface area (Å²) in [5.41, 5.74) is 7.76. The zero-order valence-corrected chi connectivity index (χ0v) is 10.1. The molecule has 0 spiro atoms. The van der Waals surface area contributed by atoms with Crippen molar-refractivity contribution in [3.8, 4) is 0 Å². The molecule has 0 aromatic carbocycles. The maximum Gasteiger partial charge on any atom is 0.223 e. The summed E-state index contributed by atoms with van der Waals surface area (Å²) >= 11 is 5.78. The lowest BCUT2D eigenvalue weighted by Gasteiger charge is -2.08. The van der Waals surface area contributed by atoms with E-state index in [1.54, 1.807) is 12.3 Å². The SMILES string of the molecule is Cc1ccncc1CNc1cc(Cl)nc(N)n1. The van der Waals surface area contributed by atoms with Crippen LogP contribution in [0.15, 0.2) is 24.5 Å². The summed E-state index contributed by atoms with van der Waals surface area (Å²) in [5, 5.41) is 3.45. The Bertz CT molecular complexity index is 509. The number of pyridine rings is 1. The first-order valence-electron chi connectivity index (χ1n) is 5.08. The van der Waals surface area contributed by atoms with Crippen LogP contribution in [0.2, 0.25) is 5.15 Å². The maximum atomic E-state index is 5.78. The average Bonchev–Trinajstić information content (AvgIpc) is 2.27. The molecule has 88 valence electrons. The first-order chi connectivity index (χ1) is 8.15. The topological polar surface area (TPSA) is 76.7 Å². The van der Waals surface area contributed by atoms with Gasteiger partial charge in [0, 0.05) is 25.0 Å². The lowest BCUT2D eigenvalue weighted by Crippen LogP contribution is -2.05. The molecule has 0 saturated heterocycles. The lowest BCUT2D eigenvalue weighted by atomic mass is 10.1. The van der Waals surface area contributed by atoms with Crippen LogP contribution < -0.4 is 11.1 Å². The van der Waals surface area contributed by atoms with Gasteiger partial charge in [-0.3, -0.25) is 4.98 Å². The Morgan fingerprint density at radius 3 is 2.94 bits per heavy atom. The number of hydrogen-bond donors (Lipinski definition) is 2. The third-order valence-corrected chi connectivity index (χ3v) is 2.51. The predicted molar refractivity (Wildman–Crippen MR) is 67.8 cm³/mol.